The first-order valence-corrected chi connectivity index (χ1v) is 8.05. The number of hydrogen-bond donors (Lipinski definition) is 2. The Bertz CT molecular complexity index is 335. The zero-order valence-corrected chi connectivity index (χ0v) is 16.5. The van der Waals surface area contributed by atoms with Crippen molar-refractivity contribution in [3.63, 3.8) is 0 Å². The monoisotopic (exact) mass is 354 g/mol. The Morgan fingerprint density at radius 3 is 0.958 bits per heavy atom. The minimum absolute atomic E-state index is 0.472. The molecule has 0 heterocycles. The highest BCUT2D eigenvalue weighted by molar-refractivity contribution is 4.70. The Kier molecular flexibility index (Phi) is 8.26. The quantitative estimate of drug-likeness (QED) is 0.362. The lowest BCUT2D eigenvalue weighted by Crippen LogP contribution is -2.54. The van der Waals surface area contributed by atoms with Gasteiger partial charge >= 0.3 is 11.9 Å². The van der Waals surface area contributed by atoms with Gasteiger partial charge in [-0.2, -0.15) is 19.6 Å². The lowest BCUT2D eigenvalue weighted by Gasteiger charge is -2.42. The van der Waals surface area contributed by atoms with Crippen molar-refractivity contribution in [1.29, 1.82) is 0 Å². The van der Waals surface area contributed by atoms with Crippen molar-refractivity contribution in [2.75, 3.05) is 0 Å². The van der Waals surface area contributed by atoms with Crippen LogP contribution in [0.2, 0.25) is 0 Å². The molecule has 2 N–H and O–H groups in total. The van der Waals surface area contributed by atoms with Gasteiger partial charge in [0.15, 0.2) is 0 Å². The molecule has 0 bridgehead atoms. The minimum atomic E-state index is -1.95. The fourth-order valence-electron chi connectivity index (χ4n) is 1.71. The molecule has 0 aromatic rings. The van der Waals surface area contributed by atoms with E-state index in [1.54, 1.807) is 69.2 Å². The standard InChI is InChI=1S/C16H34O8/c1-11(2)15(21-17,19-13(5,6)7)23-24-16(22-18,12(3)4)20-14(8,9)10/h11-12,17-18H,1-10H3. The average molecular weight is 354 g/mol. The van der Waals surface area contributed by atoms with E-state index in [4.69, 9.17) is 19.2 Å². The first-order chi connectivity index (χ1) is 10.6. The van der Waals surface area contributed by atoms with E-state index in [9.17, 15) is 10.5 Å². The first-order valence-electron chi connectivity index (χ1n) is 8.05. The van der Waals surface area contributed by atoms with E-state index >= 15 is 0 Å². The van der Waals surface area contributed by atoms with Gasteiger partial charge in [-0.25, -0.2) is 10.5 Å². The summed E-state index contributed by atoms with van der Waals surface area (Å²) in [5.41, 5.74) is -1.44. The summed E-state index contributed by atoms with van der Waals surface area (Å²) in [5, 5.41) is 18.8. The molecule has 0 aromatic carbocycles. The molecule has 0 saturated heterocycles. The van der Waals surface area contributed by atoms with Gasteiger partial charge in [-0.1, -0.05) is 27.7 Å². The van der Waals surface area contributed by atoms with Crippen molar-refractivity contribution in [3.8, 4) is 0 Å². The summed E-state index contributed by atoms with van der Waals surface area (Å²) < 4.78 is 11.3. The topological polar surface area (TPSA) is 95.8 Å². The molecular weight excluding hydrogens is 320 g/mol. The molecule has 2 unspecified atom stereocenters. The summed E-state index contributed by atoms with van der Waals surface area (Å²) >= 11 is 0. The van der Waals surface area contributed by atoms with Crippen molar-refractivity contribution in [2.45, 2.75) is 92.4 Å². The van der Waals surface area contributed by atoms with Crippen LogP contribution >= 0.6 is 0 Å². The van der Waals surface area contributed by atoms with Gasteiger partial charge in [0.2, 0.25) is 0 Å². The highest BCUT2D eigenvalue weighted by Crippen LogP contribution is 2.36. The van der Waals surface area contributed by atoms with E-state index in [2.05, 4.69) is 9.78 Å². The van der Waals surface area contributed by atoms with Crippen molar-refractivity contribution in [1.82, 2.24) is 0 Å². The van der Waals surface area contributed by atoms with Crippen molar-refractivity contribution >= 4 is 0 Å². The third kappa shape index (κ3) is 6.89. The van der Waals surface area contributed by atoms with E-state index in [1.807, 2.05) is 0 Å². The summed E-state index contributed by atoms with van der Waals surface area (Å²) in [6.07, 6.45) is 0. The molecule has 8 heteroatoms. The molecule has 24 heavy (non-hydrogen) atoms. The van der Waals surface area contributed by atoms with Crippen molar-refractivity contribution in [2.24, 2.45) is 11.8 Å². The van der Waals surface area contributed by atoms with Crippen molar-refractivity contribution in [3.05, 3.63) is 0 Å². The second kappa shape index (κ2) is 8.37. The first kappa shape index (κ1) is 23.7. The van der Waals surface area contributed by atoms with Gasteiger partial charge in [0.25, 0.3) is 0 Å². The summed E-state index contributed by atoms with van der Waals surface area (Å²) in [6.45, 7) is 17.4. The maximum absolute atomic E-state index is 9.38. The van der Waals surface area contributed by atoms with Crippen LogP contribution in [0.25, 0.3) is 0 Å². The molecule has 8 nitrogen and oxygen atoms in total. The molecular formula is C16H34O8. The molecule has 0 rings (SSSR count). The molecule has 0 saturated carbocycles. The van der Waals surface area contributed by atoms with E-state index < -0.39 is 35.0 Å². The summed E-state index contributed by atoms with van der Waals surface area (Å²) in [4.78, 5) is 19.5. The van der Waals surface area contributed by atoms with Crippen LogP contribution < -0.4 is 0 Å². The normalized spacial score (nSPS) is 18.8. The van der Waals surface area contributed by atoms with Gasteiger partial charge in [0.1, 0.15) is 0 Å². The average Bonchev–Trinajstić information content (AvgIpc) is 2.38. The Morgan fingerprint density at radius 1 is 0.583 bits per heavy atom. The summed E-state index contributed by atoms with van der Waals surface area (Å²) in [7, 11) is 0. The molecule has 2 atom stereocenters. The van der Waals surface area contributed by atoms with Gasteiger partial charge in [0, 0.05) is 11.8 Å². The fourth-order valence-corrected chi connectivity index (χ4v) is 1.71. The Labute approximate surface area is 144 Å². The molecule has 0 fully saturated rings. The van der Waals surface area contributed by atoms with Gasteiger partial charge in [-0.15, -0.1) is 0 Å². The fraction of sp³-hybridized carbons (Fsp3) is 1.00. The third-order valence-electron chi connectivity index (χ3n) is 2.84. The molecule has 0 amide bonds. The highest BCUT2D eigenvalue weighted by atomic mass is 17.4. The van der Waals surface area contributed by atoms with Gasteiger partial charge in [-0.05, 0) is 41.5 Å². The highest BCUT2D eigenvalue weighted by Gasteiger charge is 2.50. The number of hydrogen-bond acceptors (Lipinski definition) is 8. The zero-order chi connectivity index (χ0) is 19.4. The van der Waals surface area contributed by atoms with Crippen LogP contribution in [-0.2, 0) is 29.0 Å². The minimum Gasteiger partial charge on any atom is -0.318 e. The maximum Gasteiger partial charge on any atom is 0.342 e. The Balaban J connectivity index is 5.53. The molecule has 0 aliphatic carbocycles. The van der Waals surface area contributed by atoms with Crippen LogP contribution in [0.3, 0.4) is 0 Å². The van der Waals surface area contributed by atoms with E-state index in [-0.39, 0.29) is 0 Å². The molecule has 0 radical (unpaired) electrons. The maximum atomic E-state index is 9.38. The zero-order valence-electron chi connectivity index (χ0n) is 16.5. The second-order valence-electron chi connectivity index (χ2n) is 8.29. The van der Waals surface area contributed by atoms with Gasteiger partial charge in [-0.3, -0.25) is 0 Å². The lowest BCUT2D eigenvalue weighted by molar-refractivity contribution is -0.667. The van der Waals surface area contributed by atoms with E-state index in [0.29, 0.717) is 0 Å². The molecule has 146 valence electrons. The number of ether oxygens (including phenoxy) is 2. The van der Waals surface area contributed by atoms with Crippen LogP contribution in [0.5, 0.6) is 0 Å². The predicted molar refractivity (Wildman–Crippen MR) is 86.4 cm³/mol. The second-order valence-corrected chi connectivity index (χ2v) is 8.29. The van der Waals surface area contributed by atoms with Gasteiger partial charge < -0.3 is 9.47 Å². The SMILES string of the molecule is CC(C)C(OO)(OOC(OO)(OC(C)(C)C)C(C)C)OC(C)(C)C. The summed E-state index contributed by atoms with van der Waals surface area (Å²) in [5.74, 6) is -4.84. The molecule has 0 aromatic heterocycles. The summed E-state index contributed by atoms with van der Waals surface area (Å²) in [6, 6.07) is 0. The molecule has 0 aliphatic rings. The molecule has 0 aliphatic heterocycles. The van der Waals surface area contributed by atoms with Crippen LogP contribution in [0.15, 0.2) is 0 Å². The smallest absolute Gasteiger partial charge is 0.318 e. The van der Waals surface area contributed by atoms with Crippen LogP contribution in [0.1, 0.15) is 69.2 Å². The van der Waals surface area contributed by atoms with E-state index in [1.165, 1.54) is 0 Å². The van der Waals surface area contributed by atoms with Gasteiger partial charge in [0.05, 0.1) is 11.2 Å². The largest absolute Gasteiger partial charge is 0.342 e. The van der Waals surface area contributed by atoms with E-state index in [0.717, 1.165) is 0 Å². The Morgan fingerprint density at radius 2 is 0.833 bits per heavy atom. The Hall–Kier alpha value is -0.320. The van der Waals surface area contributed by atoms with Crippen LogP contribution in [0.4, 0.5) is 0 Å². The van der Waals surface area contributed by atoms with Crippen LogP contribution in [-0.4, -0.2) is 33.7 Å². The predicted octanol–water partition coefficient (Wildman–Crippen LogP) is 4.16. The lowest BCUT2D eigenvalue weighted by atomic mass is 10.1. The van der Waals surface area contributed by atoms with Crippen molar-refractivity contribution < 1.29 is 39.5 Å². The van der Waals surface area contributed by atoms with Crippen LogP contribution in [0, 0.1) is 11.8 Å². The third-order valence-corrected chi connectivity index (χ3v) is 2.84. The molecule has 0 spiro atoms. The number of rotatable bonds is 9.